The molecule has 0 fully saturated rings. The maximum atomic E-state index is 4.33. The maximum Gasteiger partial charge on any atom is 0.181 e. The number of nitrogens with zero attached hydrogens (tertiary/aromatic N) is 5. The average Bonchev–Trinajstić information content (AvgIpc) is 2.88. The number of aromatic nitrogens is 5. The van der Waals surface area contributed by atoms with E-state index in [2.05, 4.69) is 29.6 Å². The molecule has 3 aromatic heterocycles. The molecule has 15 heavy (non-hydrogen) atoms. The summed E-state index contributed by atoms with van der Waals surface area (Å²) in [6.07, 6.45) is 9.41. The lowest BCUT2D eigenvalue weighted by Crippen LogP contribution is -1.85. The molecule has 3 heterocycles. The van der Waals surface area contributed by atoms with Gasteiger partial charge < -0.3 is 4.52 Å². The Morgan fingerprint density at radius 3 is 2.60 bits per heavy atom. The molecule has 0 radical (unpaired) electrons. The number of fused-ring (bicyclic) bond motifs is 1. The summed E-state index contributed by atoms with van der Waals surface area (Å²) in [5.41, 5.74) is 1.36. The van der Waals surface area contributed by atoms with Crippen LogP contribution in [0.1, 0.15) is 0 Å². The lowest BCUT2D eigenvalue weighted by atomic mass is 10.5. The van der Waals surface area contributed by atoms with Gasteiger partial charge >= 0.3 is 0 Å². The third-order valence-corrected chi connectivity index (χ3v) is 1.50. The van der Waals surface area contributed by atoms with Gasteiger partial charge in [0.1, 0.15) is 18.1 Å². The van der Waals surface area contributed by atoms with Crippen LogP contribution in [-0.2, 0) is 0 Å². The first-order chi connectivity index (χ1) is 7.47. The monoisotopic (exact) mass is 201 g/mol. The van der Waals surface area contributed by atoms with Crippen molar-refractivity contribution in [2.75, 3.05) is 0 Å². The van der Waals surface area contributed by atoms with E-state index in [1.807, 2.05) is 0 Å². The van der Waals surface area contributed by atoms with Crippen LogP contribution in [-0.4, -0.2) is 25.1 Å². The molecule has 0 bridgehead atoms. The summed E-state index contributed by atoms with van der Waals surface area (Å²) in [6.45, 7) is 0. The van der Waals surface area contributed by atoms with Crippen LogP contribution in [0.2, 0.25) is 0 Å². The van der Waals surface area contributed by atoms with Gasteiger partial charge in [-0.25, -0.2) is 19.9 Å². The van der Waals surface area contributed by atoms with Gasteiger partial charge in [0.25, 0.3) is 0 Å². The normalized spacial score (nSPS) is 9.33. The summed E-state index contributed by atoms with van der Waals surface area (Å²) in [4.78, 5) is 15.7. The van der Waals surface area contributed by atoms with Gasteiger partial charge in [0.05, 0.1) is 12.4 Å². The zero-order valence-electron chi connectivity index (χ0n) is 7.69. The predicted octanol–water partition coefficient (Wildman–Crippen LogP) is 1.09. The molecule has 0 aromatic carbocycles. The molecule has 3 aromatic rings. The zero-order chi connectivity index (χ0) is 10.3. The molecule has 0 aliphatic carbocycles. The van der Waals surface area contributed by atoms with Crippen molar-refractivity contribution in [2.45, 2.75) is 0 Å². The van der Waals surface area contributed by atoms with Crippen molar-refractivity contribution >= 4 is 11.2 Å². The fraction of sp³-hybridized carbons (Fsp3) is 0. The van der Waals surface area contributed by atoms with E-state index in [1.54, 1.807) is 30.9 Å². The molecule has 0 aliphatic rings. The van der Waals surface area contributed by atoms with Gasteiger partial charge in [-0.1, -0.05) is 5.16 Å². The fourth-order valence-corrected chi connectivity index (χ4v) is 0.900. The molecule has 3 rings (SSSR count). The lowest BCUT2D eigenvalue weighted by molar-refractivity contribution is 0.420. The van der Waals surface area contributed by atoms with Crippen molar-refractivity contribution in [1.82, 2.24) is 25.1 Å². The third-order valence-electron chi connectivity index (χ3n) is 1.50. The second-order valence-corrected chi connectivity index (χ2v) is 2.48. The van der Waals surface area contributed by atoms with E-state index in [0.717, 1.165) is 5.52 Å². The zero-order valence-corrected chi connectivity index (χ0v) is 7.69. The summed E-state index contributed by atoms with van der Waals surface area (Å²) in [7, 11) is 0. The second kappa shape index (κ2) is 4.75. The fourth-order valence-electron chi connectivity index (χ4n) is 0.900. The van der Waals surface area contributed by atoms with Crippen molar-refractivity contribution in [3.8, 4) is 0 Å². The highest BCUT2D eigenvalue weighted by Gasteiger charge is 1.90. The lowest BCUT2D eigenvalue weighted by Gasteiger charge is -1.89. The smallest absolute Gasteiger partial charge is 0.181 e. The van der Waals surface area contributed by atoms with Crippen LogP contribution in [0.4, 0.5) is 0 Å². The Hall–Kier alpha value is -2.37. The van der Waals surface area contributed by atoms with Crippen molar-refractivity contribution in [3.63, 3.8) is 0 Å². The molecule has 6 heteroatoms. The van der Waals surface area contributed by atoms with Crippen LogP contribution in [0.5, 0.6) is 0 Å². The van der Waals surface area contributed by atoms with Crippen LogP contribution in [0.25, 0.3) is 11.2 Å². The molecule has 0 saturated carbocycles. The standard InChI is InChI=1S/C6H4N4.C3H3NO/c1-2-9-6-5(8-1)3-7-4-10-6;1-2-4-5-3-1/h1-4H;1-3H. The highest BCUT2D eigenvalue weighted by molar-refractivity contribution is 5.66. The minimum Gasteiger partial charge on any atom is -0.365 e. The van der Waals surface area contributed by atoms with Gasteiger partial charge in [0.2, 0.25) is 0 Å². The summed E-state index contributed by atoms with van der Waals surface area (Å²) in [5.74, 6) is 0. The molecular weight excluding hydrogens is 194 g/mol. The Labute approximate surface area is 85.0 Å². The van der Waals surface area contributed by atoms with Crippen molar-refractivity contribution in [2.24, 2.45) is 0 Å². The SMILES string of the molecule is c1cnc2ncncc2n1.c1cnoc1. The van der Waals surface area contributed by atoms with Crippen LogP contribution < -0.4 is 0 Å². The molecule has 0 atom stereocenters. The summed E-state index contributed by atoms with van der Waals surface area (Å²) < 4.78 is 4.33. The van der Waals surface area contributed by atoms with E-state index >= 15 is 0 Å². The molecule has 74 valence electrons. The largest absolute Gasteiger partial charge is 0.365 e. The highest BCUT2D eigenvalue weighted by atomic mass is 16.5. The summed E-state index contributed by atoms with van der Waals surface area (Å²) in [5, 5.41) is 3.35. The van der Waals surface area contributed by atoms with Crippen molar-refractivity contribution in [1.29, 1.82) is 0 Å². The van der Waals surface area contributed by atoms with E-state index in [9.17, 15) is 0 Å². The Morgan fingerprint density at radius 2 is 1.93 bits per heavy atom. The first-order valence-electron chi connectivity index (χ1n) is 4.18. The molecule has 0 spiro atoms. The topological polar surface area (TPSA) is 77.6 Å². The molecule has 0 aliphatic heterocycles. The predicted molar refractivity (Wildman–Crippen MR) is 51.6 cm³/mol. The van der Waals surface area contributed by atoms with Gasteiger partial charge in [0, 0.05) is 12.4 Å². The number of hydrogen-bond acceptors (Lipinski definition) is 6. The summed E-state index contributed by atoms with van der Waals surface area (Å²) in [6, 6.07) is 1.72. The first-order valence-corrected chi connectivity index (χ1v) is 4.18. The van der Waals surface area contributed by atoms with Crippen LogP contribution >= 0.6 is 0 Å². The van der Waals surface area contributed by atoms with Gasteiger partial charge in [-0.15, -0.1) is 0 Å². The molecule has 6 nitrogen and oxygen atoms in total. The molecule has 0 saturated heterocycles. The van der Waals surface area contributed by atoms with E-state index in [0.29, 0.717) is 5.65 Å². The minimum atomic E-state index is 0.637. The number of hydrogen-bond donors (Lipinski definition) is 0. The van der Waals surface area contributed by atoms with Crippen LogP contribution in [0.15, 0.2) is 48.0 Å². The summed E-state index contributed by atoms with van der Waals surface area (Å²) >= 11 is 0. The quantitative estimate of drug-likeness (QED) is 0.541. The minimum absolute atomic E-state index is 0.637. The maximum absolute atomic E-state index is 4.33. The van der Waals surface area contributed by atoms with E-state index in [4.69, 9.17) is 0 Å². The molecule has 0 amide bonds. The van der Waals surface area contributed by atoms with Gasteiger partial charge in [0.15, 0.2) is 5.65 Å². The Bertz CT molecular complexity index is 428. The van der Waals surface area contributed by atoms with Crippen LogP contribution in [0.3, 0.4) is 0 Å². The van der Waals surface area contributed by atoms with E-state index < -0.39 is 0 Å². The molecule has 0 unspecified atom stereocenters. The first kappa shape index (κ1) is 9.20. The Balaban J connectivity index is 0.000000144. The second-order valence-electron chi connectivity index (χ2n) is 2.48. The van der Waals surface area contributed by atoms with Crippen molar-refractivity contribution < 1.29 is 4.52 Å². The number of rotatable bonds is 0. The van der Waals surface area contributed by atoms with E-state index in [1.165, 1.54) is 12.6 Å². The Kier molecular flexibility index (Phi) is 2.91. The van der Waals surface area contributed by atoms with Gasteiger partial charge in [-0.05, 0) is 6.07 Å². The molecular formula is C9H7N5O. The highest BCUT2D eigenvalue weighted by Crippen LogP contribution is 1.98. The third kappa shape index (κ3) is 2.53. The average molecular weight is 201 g/mol. The van der Waals surface area contributed by atoms with E-state index in [-0.39, 0.29) is 0 Å². The molecule has 0 N–H and O–H groups in total. The van der Waals surface area contributed by atoms with Gasteiger partial charge in [-0.2, -0.15) is 0 Å². The van der Waals surface area contributed by atoms with Crippen LogP contribution in [0, 0.1) is 0 Å². The van der Waals surface area contributed by atoms with Crippen molar-refractivity contribution in [3.05, 3.63) is 43.4 Å². The Morgan fingerprint density at radius 1 is 1.00 bits per heavy atom. The van der Waals surface area contributed by atoms with Gasteiger partial charge in [-0.3, -0.25) is 0 Å².